The van der Waals surface area contributed by atoms with Crippen molar-refractivity contribution in [2.24, 2.45) is 0 Å². The second kappa shape index (κ2) is 6.86. The minimum Gasteiger partial charge on any atom is -0.379 e. The number of carbonyl (C=O) groups excluding carboxylic acids is 1. The molecule has 0 aromatic carbocycles. The van der Waals surface area contributed by atoms with E-state index < -0.39 is 0 Å². The van der Waals surface area contributed by atoms with Crippen LogP contribution < -0.4 is 5.32 Å². The van der Waals surface area contributed by atoms with E-state index in [1.54, 1.807) is 12.0 Å². The fraction of sp³-hybridized carbons (Fsp3) is 0.917. The number of hydrogen-bond donors (Lipinski definition) is 1. The molecule has 0 saturated carbocycles. The molecule has 4 nitrogen and oxygen atoms in total. The molecule has 96 valence electrons. The van der Waals surface area contributed by atoms with Gasteiger partial charge in [-0.25, -0.2) is 0 Å². The molecule has 16 heavy (non-hydrogen) atoms. The molecule has 0 aliphatic rings. The normalized spacial score (nSPS) is 13.6. The summed E-state index contributed by atoms with van der Waals surface area (Å²) < 4.78 is 5.31. The van der Waals surface area contributed by atoms with Gasteiger partial charge in [0.2, 0.25) is 5.91 Å². The maximum absolute atomic E-state index is 11.7. The Labute approximate surface area is 99.3 Å². The summed E-state index contributed by atoms with van der Waals surface area (Å²) in [5, 5.41) is 3.22. The van der Waals surface area contributed by atoms with Gasteiger partial charge in [-0.2, -0.15) is 0 Å². The monoisotopic (exact) mass is 230 g/mol. The second-order valence-electron chi connectivity index (χ2n) is 4.74. The lowest BCUT2D eigenvalue weighted by Crippen LogP contribution is -2.44. The Balaban J connectivity index is 3.90. The van der Waals surface area contributed by atoms with Gasteiger partial charge in [0.05, 0.1) is 11.6 Å². The molecule has 0 bridgehead atoms. The van der Waals surface area contributed by atoms with Crippen LogP contribution in [0.15, 0.2) is 0 Å². The van der Waals surface area contributed by atoms with Crippen LogP contribution in [-0.4, -0.2) is 49.7 Å². The number of amides is 1. The summed E-state index contributed by atoms with van der Waals surface area (Å²) in [7, 11) is 3.53. The Bertz CT molecular complexity index is 217. The third kappa shape index (κ3) is 5.47. The van der Waals surface area contributed by atoms with Crippen LogP contribution in [0, 0.1) is 0 Å². The molecule has 0 heterocycles. The highest BCUT2D eigenvalue weighted by Gasteiger charge is 2.19. The number of hydrogen-bond acceptors (Lipinski definition) is 3. The first-order valence-corrected chi connectivity index (χ1v) is 5.87. The third-order valence-electron chi connectivity index (χ3n) is 2.95. The van der Waals surface area contributed by atoms with Gasteiger partial charge in [0.25, 0.3) is 0 Å². The Morgan fingerprint density at radius 1 is 1.50 bits per heavy atom. The molecular formula is C12H26N2O2. The van der Waals surface area contributed by atoms with Gasteiger partial charge >= 0.3 is 0 Å². The maximum atomic E-state index is 11.7. The molecule has 0 rings (SSSR count). The highest BCUT2D eigenvalue weighted by atomic mass is 16.5. The number of rotatable bonds is 7. The van der Waals surface area contributed by atoms with Crippen LogP contribution >= 0.6 is 0 Å². The molecule has 0 radical (unpaired) electrons. The van der Waals surface area contributed by atoms with Crippen LogP contribution in [0.4, 0.5) is 0 Å². The van der Waals surface area contributed by atoms with Crippen molar-refractivity contribution < 1.29 is 9.53 Å². The van der Waals surface area contributed by atoms with Crippen molar-refractivity contribution in [1.82, 2.24) is 10.2 Å². The van der Waals surface area contributed by atoms with Crippen LogP contribution in [0.2, 0.25) is 0 Å². The summed E-state index contributed by atoms with van der Waals surface area (Å²) in [6.45, 7) is 9.48. The molecule has 0 aromatic rings. The number of nitrogens with zero attached hydrogens (tertiary/aromatic N) is 1. The van der Waals surface area contributed by atoms with Crippen molar-refractivity contribution in [3.8, 4) is 0 Å². The average Bonchev–Trinajstić information content (AvgIpc) is 2.26. The van der Waals surface area contributed by atoms with Crippen LogP contribution in [0.1, 0.15) is 34.1 Å². The van der Waals surface area contributed by atoms with E-state index in [2.05, 4.69) is 5.32 Å². The maximum Gasteiger partial charge on any atom is 0.239 e. The molecule has 1 unspecified atom stereocenters. The number of likely N-dealkylation sites (N-methyl/N-ethyl adjacent to an activating group) is 1. The van der Waals surface area contributed by atoms with E-state index in [1.165, 1.54) is 0 Å². The van der Waals surface area contributed by atoms with Crippen molar-refractivity contribution in [3.05, 3.63) is 0 Å². The predicted octanol–water partition coefficient (Wildman–Crippen LogP) is 1.26. The summed E-state index contributed by atoms with van der Waals surface area (Å²) in [5.41, 5.74) is -0.133. The standard InChI is InChI=1S/C12H26N2O2/c1-7-14(5)11(15)10(2)13-9-8-12(3,4)16-6/h10,13H,7-9H2,1-6H3. The Kier molecular flexibility index (Phi) is 6.60. The van der Waals surface area contributed by atoms with Crippen LogP contribution in [0.5, 0.6) is 0 Å². The molecule has 1 atom stereocenters. The van der Waals surface area contributed by atoms with E-state index in [9.17, 15) is 4.79 Å². The lowest BCUT2D eigenvalue weighted by molar-refractivity contribution is -0.131. The summed E-state index contributed by atoms with van der Waals surface area (Å²) in [4.78, 5) is 13.5. The first kappa shape index (κ1) is 15.4. The minimum absolute atomic E-state index is 0.127. The smallest absolute Gasteiger partial charge is 0.239 e. The Morgan fingerprint density at radius 3 is 2.50 bits per heavy atom. The number of nitrogens with one attached hydrogen (secondary N) is 1. The second-order valence-corrected chi connectivity index (χ2v) is 4.74. The average molecular weight is 230 g/mol. The van der Waals surface area contributed by atoms with E-state index in [0.717, 1.165) is 19.5 Å². The summed E-state index contributed by atoms with van der Waals surface area (Å²) in [6, 6.07) is -0.127. The molecule has 1 N–H and O–H groups in total. The van der Waals surface area contributed by atoms with Crippen molar-refractivity contribution in [2.45, 2.75) is 45.8 Å². The van der Waals surface area contributed by atoms with Gasteiger partial charge in [-0.15, -0.1) is 0 Å². The van der Waals surface area contributed by atoms with Gasteiger partial charge < -0.3 is 15.0 Å². The van der Waals surface area contributed by atoms with E-state index in [4.69, 9.17) is 4.74 Å². The fourth-order valence-electron chi connectivity index (χ4n) is 1.27. The molecule has 0 aromatic heterocycles. The molecule has 1 amide bonds. The SMILES string of the molecule is CCN(C)C(=O)C(C)NCCC(C)(C)OC. The Morgan fingerprint density at radius 2 is 2.06 bits per heavy atom. The van der Waals surface area contributed by atoms with Gasteiger partial charge in [0, 0.05) is 20.7 Å². The molecule has 4 heteroatoms. The predicted molar refractivity (Wildman–Crippen MR) is 66.5 cm³/mol. The molecule has 0 saturated heterocycles. The molecular weight excluding hydrogens is 204 g/mol. The zero-order chi connectivity index (χ0) is 12.8. The van der Waals surface area contributed by atoms with Crippen molar-refractivity contribution in [1.29, 1.82) is 0 Å². The first-order chi connectivity index (χ1) is 7.34. The van der Waals surface area contributed by atoms with Crippen molar-refractivity contribution >= 4 is 5.91 Å². The lowest BCUT2D eigenvalue weighted by atomic mass is 10.1. The molecule has 0 fully saturated rings. The first-order valence-electron chi connectivity index (χ1n) is 5.87. The highest BCUT2D eigenvalue weighted by molar-refractivity contribution is 5.81. The zero-order valence-corrected chi connectivity index (χ0v) is 11.5. The van der Waals surface area contributed by atoms with Gasteiger partial charge in [-0.3, -0.25) is 4.79 Å². The van der Waals surface area contributed by atoms with Gasteiger partial charge in [-0.1, -0.05) is 0 Å². The quantitative estimate of drug-likeness (QED) is 0.716. The van der Waals surface area contributed by atoms with Crippen molar-refractivity contribution in [2.75, 3.05) is 27.2 Å². The van der Waals surface area contributed by atoms with E-state index in [1.807, 2.05) is 34.7 Å². The van der Waals surface area contributed by atoms with Gasteiger partial charge in [-0.05, 0) is 40.7 Å². The van der Waals surface area contributed by atoms with Crippen LogP contribution in [0.25, 0.3) is 0 Å². The van der Waals surface area contributed by atoms with Gasteiger partial charge in [0.15, 0.2) is 0 Å². The molecule has 0 spiro atoms. The van der Waals surface area contributed by atoms with Crippen LogP contribution in [-0.2, 0) is 9.53 Å². The number of carbonyl (C=O) groups is 1. The fourth-order valence-corrected chi connectivity index (χ4v) is 1.27. The Hall–Kier alpha value is -0.610. The number of methoxy groups -OCH3 is 1. The summed E-state index contributed by atoms with van der Waals surface area (Å²) >= 11 is 0. The zero-order valence-electron chi connectivity index (χ0n) is 11.5. The third-order valence-corrected chi connectivity index (χ3v) is 2.95. The summed E-state index contributed by atoms with van der Waals surface area (Å²) in [6.07, 6.45) is 0.886. The van der Waals surface area contributed by atoms with Gasteiger partial charge in [0.1, 0.15) is 0 Å². The van der Waals surface area contributed by atoms with E-state index in [0.29, 0.717) is 0 Å². The minimum atomic E-state index is -0.133. The van der Waals surface area contributed by atoms with Crippen LogP contribution in [0.3, 0.4) is 0 Å². The molecule has 0 aliphatic heterocycles. The van der Waals surface area contributed by atoms with E-state index in [-0.39, 0.29) is 17.6 Å². The van der Waals surface area contributed by atoms with Crippen molar-refractivity contribution in [3.63, 3.8) is 0 Å². The largest absolute Gasteiger partial charge is 0.379 e. The highest BCUT2D eigenvalue weighted by Crippen LogP contribution is 2.11. The number of ether oxygens (including phenoxy) is 1. The topological polar surface area (TPSA) is 41.6 Å². The molecule has 0 aliphatic carbocycles. The lowest BCUT2D eigenvalue weighted by Gasteiger charge is -2.25. The van der Waals surface area contributed by atoms with E-state index >= 15 is 0 Å². The summed E-state index contributed by atoms with van der Waals surface area (Å²) in [5.74, 6) is 0.137.